The molecule has 0 spiro atoms. The summed E-state index contributed by atoms with van der Waals surface area (Å²) in [5, 5.41) is 5.71. The molecule has 1 saturated heterocycles. The molecule has 1 aliphatic rings. The second-order valence-corrected chi connectivity index (χ2v) is 7.81. The minimum absolute atomic E-state index is 0.0868. The number of nitrogens with one attached hydrogen (secondary N) is 2. The summed E-state index contributed by atoms with van der Waals surface area (Å²) < 4.78 is 5.53. The molecule has 0 aromatic heterocycles. The minimum Gasteiger partial charge on any atom is -0.493 e. The van der Waals surface area contributed by atoms with Crippen LogP contribution in [-0.2, 0) is 9.59 Å². The lowest BCUT2D eigenvalue weighted by molar-refractivity contribution is -0.119. The molecule has 7 heteroatoms. The lowest BCUT2D eigenvalue weighted by Crippen LogP contribution is -2.47. The molecule has 0 unspecified atom stereocenters. The first-order valence-corrected chi connectivity index (χ1v) is 10.6. The first kappa shape index (κ1) is 22.3. The van der Waals surface area contributed by atoms with E-state index < -0.39 is 6.04 Å². The Labute approximate surface area is 182 Å². The van der Waals surface area contributed by atoms with Gasteiger partial charge in [-0.1, -0.05) is 32.0 Å². The van der Waals surface area contributed by atoms with Crippen molar-refractivity contribution < 1.29 is 19.1 Å². The number of para-hydroxylation sites is 1. The molecule has 3 amide bonds. The molecule has 2 aromatic carbocycles. The van der Waals surface area contributed by atoms with E-state index in [0.717, 1.165) is 12.1 Å². The van der Waals surface area contributed by atoms with Gasteiger partial charge in [0.15, 0.2) is 0 Å². The molecular formula is C24H29N3O4. The third-order valence-electron chi connectivity index (χ3n) is 5.17. The van der Waals surface area contributed by atoms with Crippen LogP contribution in [0.2, 0.25) is 0 Å². The number of nitrogens with zero attached hydrogens (tertiary/aromatic N) is 1. The van der Waals surface area contributed by atoms with Gasteiger partial charge < -0.3 is 20.3 Å². The molecule has 0 saturated carbocycles. The van der Waals surface area contributed by atoms with Gasteiger partial charge in [-0.25, -0.2) is 0 Å². The van der Waals surface area contributed by atoms with Gasteiger partial charge >= 0.3 is 0 Å². The third-order valence-corrected chi connectivity index (χ3v) is 5.17. The number of anilines is 2. The molecule has 2 aromatic rings. The zero-order chi connectivity index (χ0) is 22.4. The van der Waals surface area contributed by atoms with Crippen LogP contribution in [0.25, 0.3) is 0 Å². The highest BCUT2D eigenvalue weighted by molar-refractivity contribution is 6.03. The highest BCUT2D eigenvalue weighted by atomic mass is 16.5. The highest BCUT2D eigenvalue weighted by Crippen LogP contribution is 2.25. The summed E-state index contributed by atoms with van der Waals surface area (Å²) in [5.41, 5.74) is 1.73. The van der Waals surface area contributed by atoms with Crippen molar-refractivity contribution in [1.82, 2.24) is 5.32 Å². The third kappa shape index (κ3) is 5.42. The van der Waals surface area contributed by atoms with Crippen LogP contribution in [0.15, 0.2) is 48.5 Å². The van der Waals surface area contributed by atoms with Crippen LogP contribution in [0.3, 0.4) is 0 Å². The number of benzene rings is 2. The van der Waals surface area contributed by atoms with Gasteiger partial charge in [-0.2, -0.15) is 0 Å². The van der Waals surface area contributed by atoms with Crippen molar-refractivity contribution in [2.24, 2.45) is 5.92 Å². The van der Waals surface area contributed by atoms with Crippen LogP contribution in [0.5, 0.6) is 5.75 Å². The second kappa shape index (κ2) is 10.1. The van der Waals surface area contributed by atoms with Crippen LogP contribution in [0, 0.1) is 5.92 Å². The fraction of sp³-hybridized carbons (Fsp3) is 0.375. The van der Waals surface area contributed by atoms with Crippen molar-refractivity contribution >= 4 is 29.1 Å². The molecule has 1 fully saturated rings. The van der Waals surface area contributed by atoms with Crippen molar-refractivity contribution in [3.8, 4) is 5.75 Å². The summed E-state index contributed by atoms with van der Waals surface area (Å²) in [7, 11) is 0. The molecule has 31 heavy (non-hydrogen) atoms. The Morgan fingerprint density at radius 2 is 1.90 bits per heavy atom. The fourth-order valence-electron chi connectivity index (χ4n) is 3.58. The molecule has 0 radical (unpaired) electrons. The molecule has 3 rings (SSSR count). The van der Waals surface area contributed by atoms with Crippen LogP contribution in [0.4, 0.5) is 11.4 Å². The van der Waals surface area contributed by atoms with Crippen LogP contribution >= 0.6 is 0 Å². The summed E-state index contributed by atoms with van der Waals surface area (Å²) >= 11 is 0. The highest BCUT2D eigenvalue weighted by Gasteiger charge is 2.27. The van der Waals surface area contributed by atoms with Gasteiger partial charge in [0.25, 0.3) is 5.91 Å². The Kier molecular flexibility index (Phi) is 7.28. The van der Waals surface area contributed by atoms with Crippen LogP contribution in [-0.4, -0.2) is 36.9 Å². The van der Waals surface area contributed by atoms with Gasteiger partial charge in [0.05, 0.1) is 12.2 Å². The second-order valence-electron chi connectivity index (χ2n) is 7.81. The van der Waals surface area contributed by atoms with E-state index in [-0.39, 0.29) is 23.6 Å². The molecule has 164 valence electrons. The smallest absolute Gasteiger partial charge is 0.255 e. The molecule has 1 atom stereocenters. The number of carbonyl (C=O) groups excluding carboxylic acids is 3. The van der Waals surface area contributed by atoms with E-state index in [2.05, 4.69) is 10.6 Å². The maximum absolute atomic E-state index is 13.0. The van der Waals surface area contributed by atoms with E-state index in [1.165, 1.54) is 0 Å². The summed E-state index contributed by atoms with van der Waals surface area (Å²) in [4.78, 5) is 39.6. The number of rotatable bonds is 8. The Balaban J connectivity index is 1.73. The maximum Gasteiger partial charge on any atom is 0.255 e. The standard InChI is InChI=1S/C24H29N3O4/c1-4-31-20-12-6-5-11-19(20)23(29)26-22(16(2)3)24(30)25-17-9-7-10-18(15-17)27-14-8-13-21(27)28/h5-7,9-12,15-16,22H,4,8,13-14H2,1-3H3,(H,25,30)(H,26,29)/t22-/m0/s1. The van der Waals surface area contributed by atoms with E-state index in [4.69, 9.17) is 4.74 Å². The molecule has 7 nitrogen and oxygen atoms in total. The molecule has 0 aliphatic carbocycles. The Morgan fingerprint density at radius 3 is 2.58 bits per heavy atom. The van der Waals surface area contributed by atoms with Crippen LogP contribution < -0.4 is 20.3 Å². The molecule has 0 bridgehead atoms. The number of carbonyl (C=O) groups is 3. The van der Waals surface area contributed by atoms with Crippen molar-refractivity contribution in [2.45, 2.75) is 39.7 Å². The molecule has 2 N–H and O–H groups in total. The zero-order valence-electron chi connectivity index (χ0n) is 18.2. The summed E-state index contributed by atoms with van der Waals surface area (Å²) in [6.45, 7) is 6.72. The largest absolute Gasteiger partial charge is 0.493 e. The number of hydrogen-bond acceptors (Lipinski definition) is 4. The summed E-state index contributed by atoms with van der Waals surface area (Å²) in [6.07, 6.45) is 1.38. The Morgan fingerprint density at radius 1 is 1.13 bits per heavy atom. The van der Waals surface area contributed by atoms with Gasteiger partial charge in [-0.15, -0.1) is 0 Å². The van der Waals surface area contributed by atoms with Crippen molar-refractivity contribution in [3.63, 3.8) is 0 Å². The van der Waals surface area contributed by atoms with Gasteiger partial charge in [-0.3, -0.25) is 14.4 Å². The van der Waals surface area contributed by atoms with Crippen molar-refractivity contribution in [1.29, 1.82) is 0 Å². The SMILES string of the molecule is CCOc1ccccc1C(=O)N[C@H](C(=O)Nc1cccc(N2CCCC2=O)c1)C(C)C. The zero-order valence-corrected chi connectivity index (χ0v) is 18.2. The van der Waals surface area contributed by atoms with E-state index in [1.807, 2.05) is 26.8 Å². The van der Waals surface area contributed by atoms with Crippen LogP contribution in [0.1, 0.15) is 44.0 Å². The predicted octanol–water partition coefficient (Wildman–Crippen LogP) is 3.61. The molecule has 1 heterocycles. The van der Waals surface area contributed by atoms with Gasteiger partial charge in [0.1, 0.15) is 11.8 Å². The lowest BCUT2D eigenvalue weighted by Gasteiger charge is -2.23. The monoisotopic (exact) mass is 423 g/mol. The number of ether oxygens (including phenoxy) is 1. The van der Waals surface area contributed by atoms with E-state index in [0.29, 0.717) is 36.6 Å². The minimum atomic E-state index is -0.737. The first-order chi connectivity index (χ1) is 14.9. The quantitative estimate of drug-likeness (QED) is 0.679. The van der Waals surface area contributed by atoms with Crippen molar-refractivity contribution in [2.75, 3.05) is 23.4 Å². The average molecular weight is 424 g/mol. The van der Waals surface area contributed by atoms with E-state index in [1.54, 1.807) is 47.4 Å². The van der Waals surface area contributed by atoms with E-state index >= 15 is 0 Å². The predicted molar refractivity (Wildman–Crippen MR) is 120 cm³/mol. The van der Waals surface area contributed by atoms with Gasteiger partial charge in [0, 0.05) is 24.3 Å². The van der Waals surface area contributed by atoms with Crippen molar-refractivity contribution in [3.05, 3.63) is 54.1 Å². The number of amides is 3. The lowest BCUT2D eigenvalue weighted by atomic mass is 10.0. The van der Waals surface area contributed by atoms with Gasteiger partial charge in [0.2, 0.25) is 11.8 Å². The summed E-state index contributed by atoms with van der Waals surface area (Å²) in [6, 6.07) is 13.4. The Hall–Kier alpha value is -3.35. The summed E-state index contributed by atoms with van der Waals surface area (Å²) in [5.74, 6) is -0.250. The molecular weight excluding hydrogens is 394 g/mol. The Bertz CT molecular complexity index is 957. The topological polar surface area (TPSA) is 87.7 Å². The van der Waals surface area contributed by atoms with E-state index in [9.17, 15) is 14.4 Å². The number of hydrogen-bond donors (Lipinski definition) is 2. The fourth-order valence-corrected chi connectivity index (χ4v) is 3.58. The first-order valence-electron chi connectivity index (χ1n) is 10.6. The normalized spacial score (nSPS) is 14.5. The maximum atomic E-state index is 13.0. The molecule has 1 aliphatic heterocycles. The average Bonchev–Trinajstić information content (AvgIpc) is 3.18. The van der Waals surface area contributed by atoms with Gasteiger partial charge in [-0.05, 0) is 49.6 Å².